The molecule has 0 bridgehead atoms. The maximum atomic E-state index is 13.0. The molecule has 4 rings (SSSR count). The van der Waals surface area contributed by atoms with Crippen molar-refractivity contribution in [3.63, 3.8) is 0 Å². The van der Waals surface area contributed by atoms with Crippen molar-refractivity contribution in [3.05, 3.63) is 76.7 Å². The van der Waals surface area contributed by atoms with Crippen LogP contribution in [0.2, 0.25) is 0 Å². The molecule has 3 N–H and O–H groups in total. The molecule has 0 aliphatic rings. The van der Waals surface area contributed by atoms with Gasteiger partial charge in [0.1, 0.15) is 11.3 Å². The van der Waals surface area contributed by atoms with E-state index in [1.807, 2.05) is 38.1 Å². The van der Waals surface area contributed by atoms with Crippen LogP contribution in [0.1, 0.15) is 44.7 Å². The summed E-state index contributed by atoms with van der Waals surface area (Å²) in [5.74, 6) is -0.0864. The smallest absolute Gasteiger partial charge is 0.291 e. The highest BCUT2D eigenvalue weighted by Crippen LogP contribution is 2.30. The van der Waals surface area contributed by atoms with E-state index in [1.165, 1.54) is 11.6 Å². The standard InChI is InChI=1S/C24H22N2O4/c1-4-15-6-8-20-17(11-15)14(3)22(30-20)24(28)26-18-12-16(7-5-13(18)2)19-9-10-21(29-19)23(25)27/h5-12H,4H2,1-3H3,(H2,25,27)(H,26,28). The Morgan fingerprint density at radius 3 is 2.50 bits per heavy atom. The quantitative estimate of drug-likeness (QED) is 0.478. The van der Waals surface area contributed by atoms with E-state index in [4.69, 9.17) is 14.6 Å². The van der Waals surface area contributed by atoms with Crippen molar-refractivity contribution in [1.29, 1.82) is 0 Å². The predicted molar refractivity (Wildman–Crippen MR) is 116 cm³/mol. The van der Waals surface area contributed by atoms with E-state index in [0.29, 0.717) is 17.0 Å². The Bertz CT molecular complexity index is 1280. The van der Waals surface area contributed by atoms with Crippen LogP contribution in [0.3, 0.4) is 0 Å². The number of aryl methyl sites for hydroxylation is 3. The van der Waals surface area contributed by atoms with Gasteiger partial charge in [0.25, 0.3) is 11.8 Å². The van der Waals surface area contributed by atoms with Crippen LogP contribution in [0.15, 0.2) is 57.4 Å². The van der Waals surface area contributed by atoms with Gasteiger partial charge < -0.3 is 19.9 Å². The molecule has 2 amide bonds. The number of fused-ring (bicyclic) bond motifs is 1. The summed E-state index contributed by atoms with van der Waals surface area (Å²) in [5, 5.41) is 3.87. The van der Waals surface area contributed by atoms with Crippen LogP contribution in [-0.2, 0) is 6.42 Å². The van der Waals surface area contributed by atoms with Gasteiger partial charge in [0, 0.05) is 22.2 Å². The Labute approximate surface area is 173 Å². The van der Waals surface area contributed by atoms with Crippen molar-refractivity contribution in [2.24, 2.45) is 5.73 Å². The maximum Gasteiger partial charge on any atom is 0.291 e. The van der Waals surface area contributed by atoms with Crippen LogP contribution < -0.4 is 11.1 Å². The lowest BCUT2D eigenvalue weighted by atomic mass is 10.1. The molecule has 4 aromatic rings. The molecule has 0 aliphatic carbocycles. The third-order valence-corrected chi connectivity index (χ3v) is 5.23. The summed E-state index contributed by atoms with van der Waals surface area (Å²) in [6, 6.07) is 14.7. The fraction of sp³-hybridized carbons (Fsp3) is 0.167. The van der Waals surface area contributed by atoms with Crippen molar-refractivity contribution in [2.75, 3.05) is 5.32 Å². The molecule has 0 radical (unpaired) electrons. The number of hydrogen-bond donors (Lipinski definition) is 2. The first kappa shape index (κ1) is 19.5. The Morgan fingerprint density at radius 1 is 1.00 bits per heavy atom. The number of carbonyl (C=O) groups excluding carboxylic acids is 2. The first-order valence-corrected chi connectivity index (χ1v) is 9.71. The maximum absolute atomic E-state index is 13.0. The number of carbonyl (C=O) groups is 2. The van der Waals surface area contributed by atoms with Gasteiger partial charge in [-0.25, -0.2) is 0 Å². The molecule has 2 aromatic heterocycles. The van der Waals surface area contributed by atoms with Gasteiger partial charge in [-0.1, -0.05) is 25.1 Å². The van der Waals surface area contributed by atoms with E-state index < -0.39 is 5.91 Å². The molecule has 2 heterocycles. The minimum atomic E-state index is -0.631. The van der Waals surface area contributed by atoms with Crippen molar-refractivity contribution in [2.45, 2.75) is 27.2 Å². The van der Waals surface area contributed by atoms with E-state index in [0.717, 1.165) is 28.5 Å². The summed E-state index contributed by atoms with van der Waals surface area (Å²) < 4.78 is 11.3. The normalized spacial score (nSPS) is 11.0. The first-order chi connectivity index (χ1) is 14.4. The molecule has 0 spiro atoms. The lowest BCUT2D eigenvalue weighted by molar-refractivity contribution is 0.0972. The molecule has 0 saturated heterocycles. The van der Waals surface area contributed by atoms with Crippen LogP contribution in [0.5, 0.6) is 0 Å². The fourth-order valence-electron chi connectivity index (χ4n) is 3.42. The van der Waals surface area contributed by atoms with Crippen LogP contribution in [-0.4, -0.2) is 11.8 Å². The monoisotopic (exact) mass is 402 g/mol. The Kier molecular flexibility index (Phi) is 4.91. The van der Waals surface area contributed by atoms with Crippen LogP contribution in [0.25, 0.3) is 22.3 Å². The topological polar surface area (TPSA) is 98.5 Å². The third-order valence-electron chi connectivity index (χ3n) is 5.23. The van der Waals surface area contributed by atoms with Crippen molar-refractivity contribution in [3.8, 4) is 11.3 Å². The number of amides is 2. The van der Waals surface area contributed by atoms with E-state index in [1.54, 1.807) is 12.1 Å². The Morgan fingerprint density at radius 2 is 1.80 bits per heavy atom. The number of rotatable bonds is 5. The molecule has 0 unspecified atom stereocenters. The lowest BCUT2D eigenvalue weighted by Crippen LogP contribution is -2.13. The van der Waals surface area contributed by atoms with E-state index in [2.05, 4.69) is 18.3 Å². The Hall–Kier alpha value is -3.80. The van der Waals surface area contributed by atoms with E-state index in [-0.39, 0.29) is 17.4 Å². The third kappa shape index (κ3) is 3.48. The number of nitrogens with two attached hydrogens (primary N) is 1. The number of hydrogen-bond acceptors (Lipinski definition) is 4. The molecule has 0 aliphatic heterocycles. The molecule has 0 saturated carbocycles. The average Bonchev–Trinajstić information content (AvgIpc) is 3.35. The zero-order chi connectivity index (χ0) is 21.4. The number of benzene rings is 2. The summed E-state index contributed by atoms with van der Waals surface area (Å²) in [4.78, 5) is 24.2. The lowest BCUT2D eigenvalue weighted by Gasteiger charge is -2.09. The molecular weight excluding hydrogens is 380 g/mol. The number of nitrogens with one attached hydrogen (secondary N) is 1. The summed E-state index contributed by atoms with van der Waals surface area (Å²) in [7, 11) is 0. The van der Waals surface area contributed by atoms with Gasteiger partial charge in [0.05, 0.1) is 0 Å². The van der Waals surface area contributed by atoms with Gasteiger partial charge in [0.15, 0.2) is 11.5 Å². The highest BCUT2D eigenvalue weighted by Gasteiger charge is 2.19. The summed E-state index contributed by atoms with van der Waals surface area (Å²) in [6.07, 6.45) is 0.915. The second-order valence-electron chi connectivity index (χ2n) is 7.25. The SMILES string of the molecule is CCc1ccc2oc(C(=O)Nc3cc(-c4ccc(C(N)=O)o4)ccc3C)c(C)c2c1. The zero-order valence-electron chi connectivity index (χ0n) is 17.0. The van der Waals surface area contributed by atoms with Crippen molar-refractivity contribution < 1.29 is 18.4 Å². The van der Waals surface area contributed by atoms with Gasteiger partial charge >= 0.3 is 0 Å². The molecule has 152 valence electrons. The molecule has 6 heteroatoms. The molecule has 0 fully saturated rings. The van der Waals surface area contributed by atoms with E-state index in [9.17, 15) is 9.59 Å². The van der Waals surface area contributed by atoms with E-state index >= 15 is 0 Å². The molecule has 6 nitrogen and oxygen atoms in total. The minimum Gasteiger partial charge on any atom is -0.451 e. The van der Waals surface area contributed by atoms with Gasteiger partial charge in [-0.3, -0.25) is 9.59 Å². The summed E-state index contributed by atoms with van der Waals surface area (Å²) >= 11 is 0. The number of furan rings is 2. The molecular formula is C24H22N2O4. The van der Waals surface area contributed by atoms with Gasteiger partial charge in [0.2, 0.25) is 0 Å². The molecule has 0 atom stereocenters. The van der Waals surface area contributed by atoms with Crippen LogP contribution >= 0.6 is 0 Å². The predicted octanol–water partition coefficient (Wildman–Crippen LogP) is 5.22. The fourth-order valence-corrected chi connectivity index (χ4v) is 3.42. The molecule has 30 heavy (non-hydrogen) atoms. The highest BCUT2D eigenvalue weighted by molar-refractivity contribution is 6.07. The van der Waals surface area contributed by atoms with Crippen molar-refractivity contribution >= 4 is 28.5 Å². The number of anilines is 1. The molecule has 2 aromatic carbocycles. The van der Waals surface area contributed by atoms with Crippen LogP contribution in [0, 0.1) is 13.8 Å². The van der Waals surface area contributed by atoms with Gasteiger partial charge in [-0.15, -0.1) is 0 Å². The largest absolute Gasteiger partial charge is 0.451 e. The second kappa shape index (κ2) is 7.55. The zero-order valence-corrected chi connectivity index (χ0v) is 17.0. The highest BCUT2D eigenvalue weighted by atomic mass is 16.4. The summed E-state index contributed by atoms with van der Waals surface area (Å²) in [6.45, 7) is 5.87. The second-order valence-corrected chi connectivity index (χ2v) is 7.25. The van der Waals surface area contributed by atoms with Gasteiger partial charge in [-0.05, 0) is 61.7 Å². The van der Waals surface area contributed by atoms with Gasteiger partial charge in [-0.2, -0.15) is 0 Å². The first-order valence-electron chi connectivity index (χ1n) is 9.71. The van der Waals surface area contributed by atoms with Crippen molar-refractivity contribution in [1.82, 2.24) is 0 Å². The summed E-state index contributed by atoms with van der Waals surface area (Å²) in [5.41, 5.74) is 10.2. The minimum absolute atomic E-state index is 0.0838. The number of primary amides is 1. The van der Waals surface area contributed by atoms with Crippen LogP contribution in [0.4, 0.5) is 5.69 Å². The Balaban J connectivity index is 1.65. The average molecular weight is 402 g/mol.